The van der Waals surface area contributed by atoms with Crippen molar-refractivity contribution in [3.8, 4) is 0 Å². The molecule has 0 bridgehead atoms. The number of nitrogens with two attached hydrogens (primary N) is 1. The second-order valence-corrected chi connectivity index (χ2v) is 3.77. The predicted octanol–water partition coefficient (Wildman–Crippen LogP) is 1.43. The maximum atomic E-state index is 13.5. The highest BCUT2D eigenvalue weighted by Crippen LogP contribution is 2.20. The molecular formula is C11H12ClFN2O2. The molecular weight excluding hydrogens is 247 g/mol. The maximum Gasteiger partial charge on any atom is 0.264 e. The van der Waals surface area contributed by atoms with E-state index in [1.54, 1.807) is 0 Å². The lowest BCUT2D eigenvalue weighted by atomic mass is 10.2. The average Bonchev–Trinajstić information content (AvgIpc) is 2.24. The molecule has 0 aliphatic heterocycles. The summed E-state index contributed by atoms with van der Waals surface area (Å²) in [7, 11) is 0. The number of carbonyl (C=O) groups is 2. The van der Waals surface area contributed by atoms with E-state index in [1.807, 2.05) is 0 Å². The van der Waals surface area contributed by atoms with Gasteiger partial charge in [0.15, 0.2) is 0 Å². The number of halogens is 2. The van der Waals surface area contributed by atoms with Crippen molar-refractivity contribution >= 4 is 23.4 Å². The van der Waals surface area contributed by atoms with E-state index in [-0.39, 0.29) is 23.7 Å². The van der Waals surface area contributed by atoms with Gasteiger partial charge in [0.2, 0.25) is 5.91 Å². The fourth-order valence-corrected chi connectivity index (χ4v) is 1.61. The van der Waals surface area contributed by atoms with E-state index in [4.69, 9.17) is 17.3 Å². The Labute approximate surface area is 103 Å². The Morgan fingerprint density at radius 3 is 2.59 bits per heavy atom. The summed E-state index contributed by atoms with van der Waals surface area (Å²) in [5, 5.41) is -0.0294. The third-order valence-corrected chi connectivity index (χ3v) is 2.47. The monoisotopic (exact) mass is 258 g/mol. The highest BCUT2D eigenvalue weighted by atomic mass is 35.5. The summed E-state index contributed by atoms with van der Waals surface area (Å²) in [6, 6.07) is 3.88. The van der Waals surface area contributed by atoms with E-state index in [0.717, 1.165) is 11.0 Å². The van der Waals surface area contributed by atoms with Crippen LogP contribution in [0.5, 0.6) is 0 Å². The van der Waals surface area contributed by atoms with Gasteiger partial charge < -0.3 is 5.73 Å². The number of hydrogen-bond donors (Lipinski definition) is 1. The van der Waals surface area contributed by atoms with Crippen molar-refractivity contribution in [2.75, 3.05) is 13.1 Å². The summed E-state index contributed by atoms with van der Waals surface area (Å²) < 4.78 is 13.5. The molecule has 0 aromatic heterocycles. The molecule has 0 saturated carbocycles. The Hall–Kier alpha value is -1.46. The molecule has 0 radical (unpaired) electrons. The summed E-state index contributed by atoms with van der Waals surface area (Å²) in [5.74, 6) is -2.03. The van der Waals surface area contributed by atoms with Gasteiger partial charge in [-0.05, 0) is 12.1 Å². The molecule has 17 heavy (non-hydrogen) atoms. The Morgan fingerprint density at radius 1 is 1.47 bits per heavy atom. The normalized spacial score (nSPS) is 10.1. The van der Waals surface area contributed by atoms with Crippen molar-refractivity contribution in [1.82, 2.24) is 4.90 Å². The molecule has 1 aromatic carbocycles. The smallest absolute Gasteiger partial charge is 0.264 e. The quantitative estimate of drug-likeness (QED) is 0.892. The van der Waals surface area contributed by atoms with Crippen molar-refractivity contribution in [3.05, 3.63) is 34.6 Å². The lowest BCUT2D eigenvalue weighted by Gasteiger charge is -2.19. The Balaban J connectivity index is 3.14. The number of amides is 2. The second kappa shape index (κ2) is 5.75. The van der Waals surface area contributed by atoms with Gasteiger partial charge in [-0.2, -0.15) is 0 Å². The molecule has 0 aliphatic rings. The second-order valence-electron chi connectivity index (χ2n) is 3.36. The number of benzene rings is 1. The Bertz CT molecular complexity index is 431. The van der Waals surface area contributed by atoms with Crippen molar-refractivity contribution in [2.45, 2.75) is 6.92 Å². The summed E-state index contributed by atoms with van der Waals surface area (Å²) in [4.78, 5) is 24.1. The SMILES string of the molecule is CC(=O)N(CCN)C(=O)c1c(F)cccc1Cl. The molecule has 0 atom stereocenters. The van der Waals surface area contributed by atoms with E-state index in [2.05, 4.69) is 0 Å². The molecule has 4 nitrogen and oxygen atoms in total. The zero-order valence-corrected chi connectivity index (χ0v) is 10.00. The van der Waals surface area contributed by atoms with E-state index < -0.39 is 17.6 Å². The van der Waals surface area contributed by atoms with Gasteiger partial charge in [0.25, 0.3) is 5.91 Å². The van der Waals surface area contributed by atoms with E-state index in [0.29, 0.717) is 0 Å². The van der Waals surface area contributed by atoms with Crippen molar-refractivity contribution in [3.63, 3.8) is 0 Å². The van der Waals surface area contributed by atoms with E-state index in [9.17, 15) is 14.0 Å². The molecule has 2 N–H and O–H groups in total. The van der Waals surface area contributed by atoms with Gasteiger partial charge in [-0.15, -0.1) is 0 Å². The largest absolute Gasteiger partial charge is 0.329 e. The fraction of sp³-hybridized carbons (Fsp3) is 0.273. The molecule has 0 spiro atoms. The Kier molecular flexibility index (Phi) is 4.60. The number of nitrogens with zero attached hydrogens (tertiary/aromatic N) is 1. The maximum absolute atomic E-state index is 13.5. The van der Waals surface area contributed by atoms with Gasteiger partial charge in [-0.1, -0.05) is 17.7 Å². The number of carbonyl (C=O) groups excluding carboxylic acids is 2. The minimum Gasteiger partial charge on any atom is -0.329 e. The molecule has 2 amide bonds. The molecule has 6 heteroatoms. The molecule has 0 aliphatic carbocycles. The van der Waals surface area contributed by atoms with Crippen LogP contribution in [0.1, 0.15) is 17.3 Å². The first kappa shape index (κ1) is 13.6. The fourth-order valence-electron chi connectivity index (χ4n) is 1.37. The zero-order valence-electron chi connectivity index (χ0n) is 9.24. The van der Waals surface area contributed by atoms with Gasteiger partial charge in [0, 0.05) is 20.0 Å². The van der Waals surface area contributed by atoms with E-state index in [1.165, 1.54) is 19.1 Å². The molecule has 0 heterocycles. The first-order valence-electron chi connectivity index (χ1n) is 4.95. The lowest BCUT2D eigenvalue weighted by molar-refractivity contribution is -0.126. The lowest BCUT2D eigenvalue weighted by Crippen LogP contribution is -2.39. The molecule has 92 valence electrons. The molecule has 0 saturated heterocycles. The van der Waals surface area contributed by atoms with Crippen LogP contribution in [0.15, 0.2) is 18.2 Å². The van der Waals surface area contributed by atoms with Crippen LogP contribution in [0.2, 0.25) is 5.02 Å². The van der Waals surface area contributed by atoms with Crippen LogP contribution in [0.4, 0.5) is 4.39 Å². The highest BCUT2D eigenvalue weighted by molar-refractivity contribution is 6.34. The third kappa shape index (κ3) is 3.01. The van der Waals surface area contributed by atoms with Crippen LogP contribution in [0.25, 0.3) is 0 Å². The van der Waals surface area contributed by atoms with Crippen LogP contribution in [0.3, 0.4) is 0 Å². The average molecular weight is 259 g/mol. The van der Waals surface area contributed by atoms with Crippen LogP contribution in [-0.2, 0) is 4.79 Å². The van der Waals surface area contributed by atoms with Crippen molar-refractivity contribution in [2.24, 2.45) is 5.73 Å². The third-order valence-electron chi connectivity index (χ3n) is 2.15. The minimum absolute atomic E-state index is 0.0266. The van der Waals surface area contributed by atoms with E-state index >= 15 is 0 Å². The summed E-state index contributed by atoms with van der Waals surface area (Å²) >= 11 is 5.74. The Morgan fingerprint density at radius 2 is 2.12 bits per heavy atom. The van der Waals surface area contributed by atoms with Crippen LogP contribution in [0, 0.1) is 5.82 Å². The van der Waals surface area contributed by atoms with Crippen molar-refractivity contribution < 1.29 is 14.0 Å². The van der Waals surface area contributed by atoms with Gasteiger partial charge in [0.05, 0.1) is 10.6 Å². The molecule has 1 aromatic rings. The van der Waals surface area contributed by atoms with Crippen LogP contribution < -0.4 is 5.73 Å². The number of imide groups is 1. The first-order chi connectivity index (χ1) is 7.99. The first-order valence-corrected chi connectivity index (χ1v) is 5.33. The van der Waals surface area contributed by atoms with Gasteiger partial charge in [-0.25, -0.2) is 4.39 Å². The highest BCUT2D eigenvalue weighted by Gasteiger charge is 2.24. The van der Waals surface area contributed by atoms with Crippen LogP contribution >= 0.6 is 11.6 Å². The molecule has 0 fully saturated rings. The molecule has 0 unspecified atom stereocenters. The van der Waals surface area contributed by atoms with Gasteiger partial charge in [-0.3, -0.25) is 14.5 Å². The molecule has 1 rings (SSSR count). The topological polar surface area (TPSA) is 63.4 Å². The number of rotatable bonds is 3. The number of hydrogen-bond acceptors (Lipinski definition) is 3. The van der Waals surface area contributed by atoms with Crippen molar-refractivity contribution in [1.29, 1.82) is 0 Å². The minimum atomic E-state index is -0.772. The van der Waals surface area contributed by atoms with Gasteiger partial charge >= 0.3 is 0 Å². The van der Waals surface area contributed by atoms with Gasteiger partial charge in [0.1, 0.15) is 5.82 Å². The summed E-state index contributed by atoms with van der Waals surface area (Å²) in [6.45, 7) is 1.35. The summed E-state index contributed by atoms with van der Waals surface area (Å²) in [6.07, 6.45) is 0. The zero-order chi connectivity index (χ0) is 13.0. The summed E-state index contributed by atoms with van der Waals surface area (Å²) in [5.41, 5.74) is 4.98. The van der Waals surface area contributed by atoms with Crippen LogP contribution in [-0.4, -0.2) is 29.8 Å². The predicted molar refractivity (Wildman–Crippen MR) is 62.2 cm³/mol. The standard InChI is InChI=1S/C11H12ClFN2O2/c1-7(16)15(6-5-14)11(17)10-8(12)3-2-4-9(10)13/h2-4H,5-6,14H2,1H3.